The van der Waals surface area contributed by atoms with Crippen LogP contribution in [0.3, 0.4) is 0 Å². The van der Waals surface area contributed by atoms with Gasteiger partial charge in [0.2, 0.25) is 17.0 Å². The fourth-order valence-corrected chi connectivity index (χ4v) is 7.39. The molecule has 2 fully saturated rings. The van der Waals surface area contributed by atoms with E-state index in [9.17, 15) is 55.9 Å². The number of aliphatic hydroxyl groups is 6. The lowest BCUT2D eigenvalue weighted by Crippen LogP contribution is -2.86. The Balaban J connectivity index is 1.68. The Bertz CT molecular complexity index is 2020. The first-order valence-corrected chi connectivity index (χ1v) is 16.8. The van der Waals surface area contributed by atoms with E-state index in [1.54, 1.807) is 0 Å². The molecule has 0 aliphatic carbocycles. The van der Waals surface area contributed by atoms with Gasteiger partial charge in [-0.2, -0.15) is 0 Å². The second-order valence-electron chi connectivity index (χ2n) is 16.3. The van der Waals surface area contributed by atoms with E-state index in [2.05, 4.69) is 0 Å². The van der Waals surface area contributed by atoms with Crippen molar-refractivity contribution in [1.82, 2.24) is 0 Å². The zero-order valence-corrected chi connectivity index (χ0v) is 31.5. The van der Waals surface area contributed by atoms with E-state index in [1.807, 2.05) is 0 Å². The normalized spacial score (nSPS) is 41.4. The maximum atomic E-state index is 14.2. The molecule has 10 N–H and O–H groups in total. The van der Waals surface area contributed by atoms with Gasteiger partial charge in [-0.3, -0.25) is 4.79 Å². The van der Waals surface area contributed by atoms with Crippen LogP contribution in [0.15, 0.2) is 39.5 Å². The minimum Gasteiger partial charge on any atom is -0.508 e. The fraction of sp³-hybridized carbons (Fsp3) is 0.595. The molecule has 16 heteroatoms. The van der Waals surface area contributed by atoms with Crippen molar-refractivity contribution < 1.29 is 74.4 Å². The quantitative estimate of drug-likeness (QED) is 0.162. The Morgan fingerprint density at radius 3 is 1.72 bits per heavy atom. The van der Waals surface area contributed by atoms with E-state index >= 15 is 0 Å². The summed E-state index contributed by atoms with van der Waals surface area (Å²) in [6.07, 6.45) is 0. The lowest BCUT2D eigenvalue weighted by molar-refractivity contribution is -0.474. The molecule has 9 atom stereocenters. The van der Waals surface area contributed by atoms with E-state index in [0.717, 1.165) is 52.0 Å². The van der Waals surface area contributed by atoms with Gasteiger partial charge in [-0.1, -0.05) is 0 Å². The van der Waals surface area contributed by atoms with E-state index in [0.29, 0.717) is 0 Å². The van der Waals surface area contributed by atoms with Crippen LogP contribution in [0.4, 0.5) is 0 Å². The Kier molecular flexibility index (Phi) is 8.71. The lowest BCUT2D eigenvalue weighted by atomic mass is 9.60. The standard InChI is InChI=1S/C37H50O16/c1-28(2)30(4,43)32(6,45)34(8,47)36(10,52-28)49-17-29(3)31(5,44)33(7,46)35(9,48)37(11,53-29)51-27-25(42)24-22(41)15-19(38)16-23(24)50-26(27)18-12-13-20(39)21(40)14-18/h12-16,38-41,43-48H,17H2,1-11H3/t29-,30+,31-,32-,33+,34-,35-,36-,37-/m1/s1. The van der Waals surface area contributed by atoms with Gasteiger partial charge in [0.05, 0.1) is 12.2 Å². The van der Waals surface area contributed by atoms with Crippen LogP contribution in [-0.2, 0) is 14.2 Å². The maximum absolute atomic E-state index is 14.2. The predicted molar refractivity (Wildman–Crippen MR) is 186 cm³/mol. The number of aromatic hydroxyl groups is 4. The molecular weight excluding hydrogens is 700 g/mol. The molecule has 0 amide bonds. The third-order valence-corrected chi connectivity index (χ3v) is 12.7. The van der Waals surface area contributed by atoms with Crippen molar-refractivity contribution in [2.75, 3.05) is 6.61 Å². The van der Waals surface area contributed by atoms with E-state index < -0.39 is 108 Å². The van der Waals surface area contributed by atoms with Crippen molar-refractivity contribution >= 4 is 11.0 Å². The van der Waals surface area contributed by atoms with Crippen LogP contribution in [0.1, 0.15) is 76.2 Å². The molecule has 3 aromatic rings. The third-order valence-electron chi connectivity index (χ3n) is 12.7. The molecule has 16 nitrogen and oxygen atoms in total. The van der Waals surface area contributed by atoms with Crippen molar-refractivity contribution in [1.29, 1.82) is 0 Å². The van der Waals surface area contributed by atoms with Gasteiger partial charge < -0.3 is 74.4 Å². The largest absolute Gasteiger partial charge is 0.508 e. The van der Waals surface area contributed by atoms with Crippen molar-refractivity contribution in [2.45, 2.75) is 133 Å². The SMILES string of the molecule is CC1(C)O[C@@](C)(OC[C@@]2(C)O[C@@](C)(Oc3c(-c4ccc(O)c(O)c4)oc4cc(O)cc(O)c4c3=O)[C@](C)(O)[C@@](C)(O)[C@]2(C)O)[C@](C)(O)[C@](C)(O)[C@@]1(C)O. The van der Waals surface area contributed by atoms with Gasteiger partial charge in [-0.05, 0) is 87.4 Å². The number of ether oxygens (including phenoxy) is 4. The average Bonchev–Trinajstić information content (AvgIpc) is 3.00. The van der Waals surface area contributed by atoms with Crippen molar-refractivity contribution in [2.24, 2.45) is 0 Å². The fourth-order valence-electron chi connectivity index (χ4n) is 7.39. The van der Waals surface area contributed by atoms with Crippen molar-refractivity contribution in [3.05, 3.63) is 40.6 Å². The molecule has 2 saturated heterocycles. The molecule has 2 aliphatic rings. The number of fused-ring (bicyclic) bond motifs is 1. The van der Waals surface area contributed by atoms with Crippen LogP contribution in [0.25, 0.3) is 22.3 Å². The number of phenols is 4. The topological polar surface area (TPSA) is 269 Å². The summed E-state index contributed by atoms with van der Waals surface area (Å²) in [5.41, 5.74) is -19.5. The second kappa shape index (κ2) is 11.4. The first-order valence-electron chi connectivity index (χ1n) is 16.8. The van der Waals surface area contributed by atoms with Gasteiger partial charge >= 0.3 is 0 Å². The van der Waals surface area contributed by atoms with Crippen molar-refractivity contribution in [3.8, 4) is 40.1 Å². The Labute approximate surface area is 305 Å². The number of benzene rings is 2. The highest BCUT2D eigenvalue weighted by atomic mass is 16.8. The number of hydrogen-bond donors (Lipinski definition) is 10. The predicted octanol–water partition coefficient (Wildman–Crippen LogP) is 2.21. The molecular formula is C37H50O16. The smallest absolute Gasteiger partial charge is 0.240 e. The first kappa shape index (κ1) is 40.5. The highest BCUT2D eigenvalue weighted by Gasteiger charge is 2.77. The third kappa shape index (κ3) is 5.18. The molecule has 0 spiro atoms. The summed E-state index contributed by atoms with van der Waals surface area (Å²) in [4.78, 5) is 14.2. The van der Waals surface area contributed by atoms with Crippen LogP contribution < -0.4 is 10.2 Å². The number of hydrogen-bond acceptors (Lipinski definition) is 16. The Morgan fingerprint density at radius 1 is 0.604 bits per heavy atom. The molecule has 294 valence electrons. The molecule has 5 rings (SSSR count). The zero-order chi connectivity index (χ0) is 40.6. The molecule has 0 bridgehead atoms. The zero-order valence-electron chi connectivity index (χ0n) is 31.5. The number of phenolic OH excluding ortho intramolecular Hbond substituents is 4. The van der Waals surface area contributed by atoms with Crippen LogP contribution in [0.5, 0.6) is 28.7 Å². The van der Waals surface area contributed by atoms with E-state index in [4.69, 9.17) is 23.4 Å². The molecule has 0 unspecified atom stereocenters. The summed E-state index contributed by atoms with van der Waals surface area (Å²) in [5, 5.41) is 112. The first-order chi connectivity index (χ1) is 23.7. The van der Waals surface area contributed by atoms with Gasteiger partial charge in [0.25, 0.3) is 0 Å². The second-order valence-corrected chi connectivity index (χ2v) is 16.3. The molecule has 2 aromatic carbocycles. The van der Waals surface area contributed by atoms with Crippen LogP contribution >= 0.6 is 0 Å². The van der Waals surface area contributed by atoms with Crippen molar-refractivity contribution in [3.63, 3.8) is 0 Å². The summed E-state index contributed by atoms with van der Waals surface area (Å²) >= 11 is 0. The van der Waals surface area contributed by atoms with Crippen LogP contribution in [-0.4, -0.2) is 114 Å². The van der Waals surface area contributed by atoms with Crippen LogP contribution in [0, 0.1) is 0 Å². The lowest BCUT2D eigenvalue weighted by Gasteiger charge is -2.66. The highest BCUT2D eigenvalue weighted by Crippen LogP contribution is 2.57. The van der Waals surface area contributed by atoms with Crippen LogP contribution in [0.2, 0.25) is 0 Å². The monoisotopic (exact) mass is 750 g/mol. The molecule has 2 aliphatic heterocycles. The number of rotatable bonds is 6. The molecule has 0 saturated carbocycles. The summed E-state index contributed by atoms with van der Waals surface area (Å²) in [5.74, 6) is -8.18. The van der Waals surface area contributed by atoms with E-state index in [-0.39, 0.29) is 11.1 Å². The maximum Gasteiger partial charge on any atom is 0.240 e. The molecule has 3 heterocycles. The highest BCUT2D eigenvalue weighted by molar-refractivity contribution is 5.88. The van der Waals surface area contributed by atoms with Gasteiger partial charge in [0.1, 0.15) is 56.1 Å². The Morgan fingerprint density at radius 2 is 1.15 bits per heavy atom. The van der Waals surface area contributed by atoms with E-state index in [1.165, 1.54) is 54.5 Å². The van der Waals surface area contributed by atoms with Gasteiger partial charge in [0, 0.05) is 24.6 Å². The van der Waals surface area contributed by atoms with Gasteiger partial charge in [0.15, 0.2) is 28.6 Å². The minimum absolute atomic E-state index is 0.0591. The molecule has 53 heavy (non-hydrogen) atoms. The summed E-state index contributed by atoms with van der Waals surface area (Å²) in [7, 11) is 0. The molecule has 0 radical (unpaired) electrons. The van der Waals surface area contributed by atoms with Gasteiger partial charge in [-0.15, -0.1) is 0 Å². The summed E-state index contributed by atoms with van der Waals surface area (Å²) in [6.45, 7) is 12.9. The summed E-state index contributed by atoms with van der Waals surface area (Å²) < 4.78 is 30.9. The average molecular weight is 751 g/mol. The molecule has 1 aromatic heterocycles. The van der Waals surface area contributed by atoms with Gasteiger partial charge in [-0.25, -0.2) is 0 Å². The Hall–Kier alpha value is -3.71. The minimum atomic E-state index is -2.63. The summed E-state index contributed by atoms with van der Waals surface area (Å²) in [6, 6.07) is 5.28.